The number of likely N-dealkylation sites (N-methyl/N-ethyl adjacent to an activating group) is 1. The van der Waals surface area contributed by atoms with Gasteiger partial charge in [-0.3, -0.25) is 0 Å². The molecule has 5 nitrogen and oxygen atoms in total. The number of ether oxygens (including phenoxy) is 1. The van der Waals surface area contributed by atoms with Crippen LogP contribution in [0.4, 0.5) is 0 Å². The van der Waals surface area contributed by atoms with Crippen LogP contribution in [0.5, 0.6) is 0 Å². The molecule has 2 rings (SSSR count). The fraction of sp³-hybridized carbons (Fsp3) is 0.571. The molecule has 1 fully saturated rings. The van der Waals surface area contributed by atoms with Gasteiger partial charge in [-0.15, -0.1) is 12.4 Å². The molecule has 1 aromatic rings. The highest BCUT2D eigenvalue weighted by Crippen LogP contribution is 2.30. The SMILES string of the molecule is CN(CC1OCCNCC1c1ccc(Cl)c(Cl)c1)S(C)(=O)=O.Cl. The minimum atomic E-state index is -3.25. The molecule has 0 bridgehead atoms. The second kappa shape index (κ2) is 8.85. The number of rotatable bonds is 4. The van der Waals surface area contributed by atoms with E-state index < -0.39 is 10.0 Å². The van der Waals surface area contributed by atoms with Gasteiger partial charge in [0.1, 0.15) is 0 Å². The van der Waals surface area contributed by atoms with Gasteiger partial charge in [-0.1, -0.05) is 29.3 Å². The lowest BCUT2D eigenvalue weighted by molar-refractivity contribution is 0.0422. The normalized spacial score (nSPS) is 22.5. The molecule has 0 spiro atoms. The summed E-state index contributed by atoms with van der Waals surface area (Å²) in [6.45, 7) is 2.27. The maximum absolute atomic E-state index is 11.6. The van der Waals surface area contributed by atoms with E-state index in [9.17, 15) is 8.42 Å². The van der Waals surface area contributed by atoms with Gasteiger partial charge in [0.25, 0.3) is 0 Å². The van der Waals surface area contributed by atoms with Crippen molar-refractivity contribution in [3.8, 4) is 0 Å². The first-order valence-corrected chi connectivity index (χ1v) is 9.58. The Hall–Kier alpha value is -0.0800. The molecule has 9 heteroatoms. The molecule has 0 amide bonds. The van der Waals surface area contributed by atoms with Gasteiger partial charge in [0.05, 0.1) is 29.0 Å². The van der Waals surface area contributed by atoms with Crippen molar-refractivity contribution < 1.29 is 13.2 Å². The fourth-order valence-corrected chi connectivity index (χ4v) is 3.16. The van der Waals surface area contributed by atoms with Gasteiger partial charge in [0, 0.05) is 32.6 Å². The minimum Gasteiger partial charge on any atom is -0.375 e. The van der Waals surface area contributed by atoms with Crippen LogP contribution in [-0.2, 0) is 14.8 Å². The van der Waals surface area contributed by atoms with Crippen molar-refractivity contribution in [1.82, 2.24) is 9.62 Å². The largest absolute Gasteiger partial charge is 0.375 e. The van der Waals surface area contributed by atoms with Crippen molar-refractivity contribution in [2.45, 2.75) is 12.0 Å². The Labute approximate surface area is 153 Å². The van der Waals surface area contributed by atoms with Gasteiger partial charge >= 0.3 is 0 Å². The second-order valence-corrected chi connectivity index (χ2v) is 8.34. The smallest absolute Gasteiger partial charge is 0.211 e. The third-order valence-electron chi connectivity index (χ3n) is 3.80. The molecule has 1 aliphatic heterocycles. The van der Waals surface area contributed by atoms with E-state index in [4.69, 9.17) is 27.9 Å². The molecule has 0 aliphatic carbocycles. The highest BCUT2D eigenvalue weighted by atomic mass is 35.5. The van der Waals surface area contributed by atoms with E-state index in [0.717, 1.165) is 12.1 Å². The van der Waals surface area contributed by atoms with E-state index in [2.05, 4.69) is 5.32 Å². The van der Waals surface area contributed by atoms with E-state index in [1.165, 1.54) is 10.6 Å². The number of hydrogen-bond acceptors (Lipinski definition) is 4. The summed E-state index contributed by atoms with van der Waals surface area (Å²) in [5.74, 6) is 0.00136. The highest BCUT2D eigenvalue weighted by molar-refractivity contribution is 7.88. The monoisotopic (exact) mass is 402 g/mol. The Morgan fingerprint density at radius 1 is 1.35 bits per heavy atom. The summed E-state index contributed by atoms with van der Waals surface area (Å²) < 4.78 is 30.5. The van der Waals surface area contributed by atoms with Crippen LogP contribution in [0.3, 0.4) is 0 Å². The Balaban J connectivity index is 0.00000264. The Morgan fingerprint density at radius 2 is 2.04 bits per heavy atom. The van der Waals surface area contributed by atoms with Crippen LogP contribution in [0.1, 0.15) is 11.5 Å². The molecule has 1 N–H and O–H groups in total. The van der Waals surface area contributed by atoms with E-state index in [-0.39, 0.29) is 24.4 Å². The molecule has 2 atom stereocenters. The number of sulfonamides is 1. The molecule has 132 valence electrons. The fourth-order valence-electron chi connectivity index (χ4n) is 2.43. The molecule has 1 aromatic carbocycles. The lowest BCUT2D eigenvalue weighted by atomic mass is 9.93. The van der Waals surface area contributed by atoms with Gasteiger partial charge < -0.3 is 10.1 Å². The molecular formula is C14H21Cl3N2O3S. The van der Waals surface area contributed by atoms with Crippen molar-refractivity contribution in [2.75, 3.05) is 39.5 Å². The summed E-state index contributed by atoms with van der Waals surface area (Å²) in [5.41, 5.74) is 0.982. The maximum Gasteiger partial charge on any atom is 0.211 e. The summed E-state index contributed by atoms with van der Waals surface area (Å²) in [6.07, 6.45) is 0.947. The number of halogens is 3. The first-order valence-electron chi connectivity index (χ1n) is 6.97. The predicted molar refractivity (Wildman–Crippen MR) is 96.5 cm³/mol. The van der Waals surface area contributed by atoms with E-state index in [1.807, 2.05) is 12.1 Å². The molecule has 1 saturated heterocycles. The van der Waals surface area contributed by atoms with Gasteiger partial charge in [-0.05, 0) is 17.7 Å². The Morgan fingerprint density at radius 3 is 2.65 bits per heavy atom. The van der Waals surface area contributed by atoms with Crippen LogP contribution < -0.4 is 5.32 Å². The zero-order valence-corrected chi connectivity index (χ0v) is 16.1. The molecule has 1 heterocycles. The lowest BCUT2D eigenvalue weighted by Gasteiger charge is -2.28. The summed E-state index contributed by atoms with van der Waals surface area (Å²) in [5, 5.41) is 4.29. The van der Waals surface area contributed by atoms with Crippen LogP contribution in [-0.4, -0.2) is 58.4 Å². The number of hydrogen-bond donors (Lipinski definition) is 1. The Kier molecular flexibility index (Phi) is 8.07. The van der Waals surface area contributed by atoms with E-state index in [1.54, 1.807) is 13.1 Å². The van der Waals surface area contributed by atoms with Gasteiger partial charge in [0.2, 0.25) is 10.0 Å². The van der Waals surface area contributed by atoms with E-state index in [0.29, 0.717) is 29.7 Å². The van der Waals surface area contributed by atoms with Gasteiger partial charge in [-0.2, -0.15) is 0 Å². The van der Waals surface area contributed by atoms with Crippen molar-refractivity contribution >= 4 is 45.6 Å². The first-order chi connectivity index (χ1) is 10.3. The second-order valence-electron chi connectivity index (χ2n) is 5.44. The van der Waals surface area contributed by atoms with E-state index >= 15 is 0 Å². The maximum atomic E-state index is 11.6. The van der Waals surface area contributed by atoms with Crippen LogP contribution in [0.2, 0.25) is 10.0 Å². The van der Waals surface area contributed by atoms with Gasteiger partial charge in [-0.25, -0.2) is 12.7 Å². The third-order valence-corrected chi connectivity index (χ3v) is 5.82. The Bertz CT molecular complexity index is 628. The predicted octanol–water partition coefficient (Wildman–Crippen LogP) is 2.38. The molecule has 0 aromatic heterocycles. The van der Waals surface area contributed by atoms with Crippen molar-refractivity contribution in [2.24, 2.45) is 0 Å². The standard InChI is InChI=1S/C14H20Cl2N2O3S.ClH/c1-18(22(2,19)20)9-14-11(8-17-5-6-21-14)10-3-4-12(15)13(16)7-10;/h3-4,7,11,14,17H,5-6,8-9H2,1-2H3;1H. The molecule has 2 unspecified atom stereocenters. The summed E-state index contributed by atoms with van der Waals surface area (Å²) in [4.78, 5) is 0. The molecule has 1 aliphatic rings. The van der Waals surface area contributed by atoms with Crippen LogP contribution in [0.15, 0.2) is 18.2 Å². The average molecular weight is 404 g/mol. The zero-order valence-electron chi connectivity index (χ0n) is 13.0. The summed E-state index contributed by atoms with van der Waals surface area (Å²) >= 11 is 12.1. The van der Waals surface area contributed by atoms with Crippen molar-refractivity contribution in [3.63, 3.8) is 0 Å². The quantitative estimate of drug-likeness (QED) is 0.838. The molecule has 0 saturated carbocycles. The lowest BCUT2D eigenvalue weighted by Crippen LogP contribution is -2.39. The summed E-state index contributed by atoms with van der Waals surface area (Å²) in [7, 11) is -1.69. The topological polar surface area (TPSA) is 58.6 Å². The highest BCUT2D eigenvalue weighted by Gasteiger charge is 2.29. The van der Waals surface area contributed by atoms with Crippen molar-refractivity contribution in [3.05, 3.63) is 33.8 Å². The van der Waals surface area contributed by atoms with Crippen LogP contribution >= 0.6 is 35.6 Å². The number of nitrogens with zero attached hydrogens (tertiary/aromatic N) is 1. The minimum absolute atomic E-state index is 0. The molecule has 23 heavy (non-hydrogen) atoms. The number of benzene rings is 1. The van der Waals surface area contributed by atoms with Gasteiger partial charge in [0.15, 0.2) is 0 Å². The van der Waals surface area contributed by atoms with Crippen LogP contribution in [0.25, 0.3) is 0 Å². The first kappa shape index (κ1) is 21.0. The molecular weight excluding hydrogens is 383 g/mol. The molecule has 0 radical (unpaired) electrons. The summed E-state index contributed by atoms with van der Waals surface area (Å²) in [6, 6.07) is 5.47. The zero-order chi connectivity index (χ0) is 16.3. The van der Waals surface area contributed by atoms with Crippen molar-refractivity contribution in [1.29, 1.82) is 0 Å². The number of nitrogens with one attached hydrogen (secondary N) is 1. The average Bonchev–Trinajstić information content (AvgIpc) is 2.66. The van der Waals surface area contributed by atoms with Crippen LogP contribution in [0, 0.1) is 0 Å². The third kappa shape index (κ3) is 5.74.